The number of amides is 1. The van der Waals surface area contributed by atoms with Gasteiger partial charge in [0.15, 0.2) is 0 Å². The molecule has 9 heteroatoms. The van der Waals surface area contributed by atoms with Crippen LogP contribution in [0.15, 0.2) is 30.7 Å². The second kappa shape index (κ2) is 8.06. The molecule has 0 unspecified atom stereocenters. The van der Waals surface area contributed by atoms with Crippen LogP contribution >= 0.6 is 11.6 Å². The number of piperazine rings is 1. The molecule has 0 radical (unpaired) electrons. The average molecular weight is 390 g/mol. The van der Waals surface area contributed by atoms with Crippen molar-refractivity contribution in [3.63, 3.8) is 0 Å². The highest BCUT2D eigenvalue weighted by Gasteiger charge is 2.25. The number of halogens is 1. The van der Waals surface area contributed by atoms with E-state index in [4.69, 9.17) is 21.1 Å². The predicted molar refractivity (Wildman–Crippen MR) is 99.2 cm³/mol. The Balaban J connectivity index is 1.37. The van der Waals surface area contributed by atoms with E-state index in [2.05, 4.69) is 19.9 Å². The van der Waals surface area contributed by atoms with Gasteiger partial charge in [-0.1, -0.05) is 11.6 Å². The van der Waals surface area contributed by atoms with Gasteiger partial charge in [-0.15, -0.1) is 0 Å². The van der Waals surface area contributed by atoms with E-state index in [1.54, 1.807) is 29.4 Å². The van der Waals surface area contributed by atoms with Crippen molar-refractivity contribution < 1.29 is 14.3 Å². The Morgan fingerprint density at radius 2 is 1.96 bits per heavy atom. The van der Waals surface area contributed by atoms with Crippen LogP contribution in [0.3, 0.4) is 0 Å². The van der Waals surface area contributed by atoms with E-state index in [0.717, 1.165) is 6.42 Å². The fourth-order valence-corrected chi connectivity index (χ4v) is 3.35. The van der Waals surface area contributed by atoms with Crippen molar-refractivity contribution >= 4 is 23.5 Å². The van der Waals surface area contributed by atoms with Gasteiger partial charge >= 0.3 is 0 Å². The fourth-order valence-electron chi connectivity index (χ4n) is 3.14. The summed E-state index contributed by atoms with van der Waals surface area (Å²) in [7, 11) is 0. The van der Waals surface area contributed by atoms with Crippen LogP contribution < -0.4 is 9.64 Å². The highest BCUT2D eigenvalue weighted by molar-refractivity contribution is 6.32. The highest BCUT2D eigenvalue weighted by Crippen LogP contribution is 2.26. The van der Waals surface area contributed by atoms with E-state index in [-0.39, 0.29) is 12.0 Å². The third-order valence-electron chi connectivity index (χ3n) is 4.62. The molecule has 0 bridgehead atoms. The standard InChI is InChI=1S/C18H20ClN5O3/c19-15-10-13(11-22-16(15)27-14-2-9-26-12-14)17(25)23-5-7-24(8-6-23)18-20-3-1-4-21-18/h1,3-4,10-11,14H,2,5-9,12H2/t14-/m0/s1. The van der Waals surface area contributed by atoms with Gasteiger partial charge in [0.05, 0.1) is 18.8 Å². The molecule has 0 N–H and O–H groups in total. The maximum Gasteiger partial charge on any atom is 0.255 e. The smallest absolute Gasteiger partial charge is 0.255 e. The first kappa shape index (κ1) is 17.9. The van der Waals surface area contributed by atoms with Crippen LogP contribution in [0.2, 0.25) is 5.02 Å². The molecular weight excluding hydrogens is 370 g/mol. The minimum Gasteiger partial charge on any atom is -0.471 e. The van der Waals surface area contributed by atoms with E-state index in [0.29, 0.717) is 61.8 Å². The van der Waals surface area contributed by atoms with E-state index in [1.165, 1.54) is 6.20 Å². The van der Waals surface area contributed by atoms with Crippen LogP contribution in [0.4, 0.5) is 5.95 Å². The molecule has 0 aromatic carbocycles. The van der Waals surface area contributed by atoms with Crippen LogP contribution in [0.25, 0.3) is 0 Å². The number of pyridine rings is 1. The molecule has 0 aliphatic carbocycles. The van der Waals surface area contributed by atoms with E-state index >= 15 is 0 Å². The maximum absolute atomic E-state index is 12.8. The van der Waals surface area contributed by atoms with Gasteiger partial charge in [0.2, 0.25) is 11.8 Å². The van der Waals surface area contributed by atoms with Gasteiger partial charge in [0.1, 0.15) is 11.1 Å². The van der Waals surface area contributed by atoms with E-state index in [9.17, 15) is 4.79 Å². The molecular formula is C18H20ClN5O3. The van der Waals surface area contributed by atoms with Crippen LogP contribution in [0, 0.1) is 0 Å². The molecule has 27 heavy (non-hydrogen) atoms. The lowest BCUT2D eigenvalue weighted by atomic mass is 10.2. The van der Waals surface area contributed by atoms with Crippen LogP contribution in [-0.2, 0) is 4.74 Å². The molecule has 0 saturated carbocycles. The van der Waals surface area contributed by atoms with Crippen molar-refractivity contribution in [2.75, 3.05) is 44.3 Å². The Labute approximate surface area is 162 Å². The summed E-state index contributed by atoms with van der Waals surface area (Å²) >= 11 is 6.27. The van der Waals surface area contributed by atoms with Gasteiger partial charge in [-0.3, -0.25) is 4.79 Å². The van der Waals surface area contributed by atoms with Crippen molar-refractivity contribution in [1.29, 1.82) is 0 Å². The SMILES string of the molecule is O=C(c1cnc(O[C@H]2CCOC2)c(Cl)c1)N1CCN(c2ncccn2)CC1. The van der Waals surface area contributed by atoms with Crippen molar-refractivity contribution in [2.45, 2.75) is 12.5 Å². The molecule has 142 valence electrons. The van der Waals surface area contributed by atoms with Crippen molar-refractivity contribution in [3.05, 3.63) is 41.3 Å². The van der Waals surface area contributed by atoms with E-state index < -0.39 is 0 Å². The number of hydrogen-bond acceptors (Lipinski definition) is 7. The first-order chi connectivity index (χ1) is 13.2. The zero-order chi connectivity index (χ0) is 18.6. The Hall–Kier alpha value is -2.45. The summed E-state index contributed by atoms with van der Waals surface area (Å²) in [5.74, 6) is 0.940. The molecule has 0 spiro atoms. The first-order valence-electron chi connectivity index (χ1n) is 8.92. The summed E-state index contributed by atoms with van der Waals surface area (Å²) < 4.78 is 11.0. The highest BCUT2D eigenvalue weighted by atomic mass is 35.5. The summed E-state index contributed by atoms with van der Waals surface area (Å²) in [6.45, 7) is 3.76. The Bertz CT molecular complexity index is 793. The summed E-state index contributed by atoms with van der Waals surface area (Å²) in [6.07, 6.45) is 5.73. The summed E-state index contributed by atoms with van der Waals surface area (Å²) in [4.78, 5) is 29.4. The Morgan fingerprint density at radius 1 is 1.19 bits per heavy atom. The second-order valence-electron chi connectivity index (χ2n) is 6.44. The minimum absolute atomic E-state index is 0.0372. The number of ether oxygens (including phenoxy) is 2. The molecule has 2 saturated heterocycles. The van der Waals surface area contributed by atoms with Crippen molar-refractivity contribution in [1.82, 2.24) is 19.9 Å². The lowest BCUT2D eigenvalue weighted by molar-refractivity contribution is 0.0745. The predicted octanol–water partition coefficient (Wildman–Crippen LogP) is 1.66. The lowest BCUT2D eigenvalue weighted by Crippen LogP contribution is -2.49. The largest absolute Gasteiger partial charge is 0.471 e. The first-order valence-corrected chi connectivity index (χ1v) is 9.29. The normalized spacial score (nSPS) is 20.0. The summed E-state index contributed by atoms with van der Waals surface area (Å²) in [5.41, 5.74) is 0.458. The second-order valence-corrected chi connectivity index (χ2v) is 6.85. The third kappa shape index (κ3) is 4.12. The van der Waals surface area contributed by atoms with Crippen molar-refractivity contribution in [3.8, 4) is 5.88 Å². The number of carbonyl (C=O) groups excluding carboxylic acids is 1. The number of aromatic nitrogens is 3. The molecule has 1 atom stereocenters. The summed E-state index contributed by atoms with van der Waals surface area (Å²) in [5, 5.41) is 0.337. The van der Waals surface area contributed by atoms with Gasteiger partial charge in [0.25, 0.3) is 5.91 Å². The quantitative estimate of drug-likeness (QED) is 0.786. The van der Waals surface area contributed by atoms with Crippen LogP contribution in [0.1, 0.15) is 16.8 Å². The molecule has 1 amide bonds. The lowest BCUT2D eigenvalue weighted by Gasteiger charge is -2.34. The topological polar surface area (TPSA) is 80.7 Å². The average Bonchev–Trinajstić information content (AvgIpc) is 3.23. The monoisotopic (exact) mass is 389 g/mol. The number of carbonyl (C=O) groups is 1. The molecule has 2 fully saturated rings. The zero-order valence-electron chi connectivity index (χ0n) is 14.8. The third-order valence-corrected chi connectivity index (χ3v) is 4.89. The van der Waals surface area contributed by atoms with Gasteiger partial charge < -0.3 is 19.3 Å². The van der Waals surface area contributed by atoms with Gasteiger partial charge in [0, 0.05) is 51.2 Å². The molecule has 2 aliphatic heterocycles. The van der Waals surface area contributed by atoms with Gasteiger partial charge in [-0.25, -0.2) is 15.0 Å². The maximum atomic E-state index is 12.8. The molecule has 2 aromatic heterocycles. The van der Waals surface area contributed by atoms with E-state index in [1.807, 2.05) is 0 Å². The molecule has 8 nitrogen and oxygen atoms in total. The number of hydrogen-bond donors (Lipinski definition) is 0. The number of rotatable bonds is 4. The Morgan fingerprint density at radius 3 is 2.63 bits per heavy atom. The van der Waals surface area contributed by atoms with Gasteiger partial charge in [-0.2, -0.15) is 0 Å². The zero-order valence-corrected chi connectivity index (χ0v) is 15.5. The number of nitrogens with zero attached hydrogens (tertiary/aromatic N) is 5. The minimum atomic E-state index is -0.0891. The van der Waals surface area contributed by atoms with Gasteiger partial charge in [-0.05, 0) is 12.1 Å². The molecule has 4 rings (SSSR count). The summed E-state index contributed by atoms with van der Waals surface area (Å²) in [6, 6.07) is 3.40. The van der Waals surface area contributed by atoms with Crippen molar-refractivity contribution in [2.24, 2.45) is 0 Å². The molecule has 2 aliphatic rings. The fraction of sp³-hybridized carbons (Fsp3) is 0.444. The number of anilines is 1. The van der Waals surface area contributed by atoms with Crippen LogP contribution in [0.5, 0.6) is 5.88 Å². The van der Waals surface area contributed by atoms with Crippen LogP contribution in [-0.4, -0.2) is 71.3 Å². The Kier molecular flexibility index (Phi) is 5.35. The molecule has 4 heterocycles. The molecule has 2 aromatic rings.